The Kier molecular flexibility index (Phi) is 8.13. The van der Waals surface area contributed by atoms with Gasteiger partial charge in [-0.2, -0.15) is 0 Å². The molecule has 0 radical (unpaired) electrons. The van der Waals surface area contributed by atoms with E-state index in [1.807, 2.05) is 0 Å². The lowest BCUT2D eigenvalue weighted by Gasteiger charge is -2.37. The number of aliphatic hydroxyl groups excluding tert-OH is 4. The molecule has 0 aromatic carbocycles. The standard InChI is InChI=1S/C14H26O7/c1-2-3-4-5-6-7-10(15)20-8-9-11(16)12(17)13(18)14(19)21-9/h9,11-14,16-19H,2-8H2,1H3/t9-,11-,12-,13-,14-/m1/s1. The van der Waals surface area contributed by atoms with Gasteiger partial charge in [0.05, 0.1) is 0 Å². The molecule has 1 fully saturated rings. The lowest BCUT2D eigenvalue weighted by molar-refractivity contribution is -0.287. The molecule has 0 amide bonds. The van der Waals surface area contributed by atoms with Crippen LogP contribution in [0.2, 0.25) is 0 Å². The number of unbranched alkanes of at least 4 members (excludes halogenated alkanes) is 4. The Morgan fingerprint density at radius 3 is 2.33 bits per heavy atom. The molecule has 0 aromatic rings. The first-order valence-corrected chi connectivity index (χ1v) is 7.50. The third kappa shape index (κ3) is 5.88. The first-order chi connectivity index (χ1) is 9.97. The van der Waals surface area contributed by atoms with Crippen molar-refractivity contribution in [2.24, 2.45) is 0 Å². The molecule has 0 bridgehead atoms. The summed E-state index contributed by atoms with van der Waals surface area (Å²) in [6.07, 6.45) is -1.81. The fourth-order valence-corrected chi connectivity index (χ4v) is 2.19. The molecule has 0 unspecified atom stereocenters. The molecular formula is C14H26O7. The summed E-state index contributed by atoms with van der Waals surface area (Å²) in [6, 6.07) is 0. The van der Waals surface area contributed by atoms with Crippen molar-refractivity contribution in [2.45, 2.75) is 76.2 Å². The first-order valence-electron chi connectivity index (χ1n) is 7.50. The van der Waals surface area contributed by atoms with Crippen molar-refractivity contribution in [1.29, 1.82) is 0 Å². The van der Waals surface area contributed by atoms with Crippen molar-refractivity contribution >= 4 is 5.97 Å². The summed E-state index contributed by atoms with van der Waals surface area (Å²) in [5, 5.41) is 37.8. The molecule has 1 rings (SSSR count). The van der Waals surface area contributed by atoms with E-state index in [2.05, 4.69) is 6.92 Å². The van der Waals surface area contributed by atoms with Crippen LogP contribution < -0.4 is 0 Å². The normalized spacial score (nSPS) is 32.9. The lowest BCUT2D eigenvalue weighted by atomic mass is 9.99. The van der Waals surface area contributed by atoms with Crippen molar-refractivity contribution in [3.8, 4) is 0 Å². The van der Waals surface area contributed by atoms with Crippen LogP contribution in [0, 0.1) is 0 Å². The van der Waals surface area contributed by atoms with E-state index in [-0.39, 0.29) is 6.61 Å². The second kappa shape index (κ2) is 9.32. The predicted octanol–water partition coefficient (Wildman–Crippen LogP) is -0.310. The van der Waals surface area contributed by atoms with Gasteiger partial charge < -0.3 is 29.9 Å². The molecule has 1 saturated heterocycles. The van der Waals surface area contributed by atoms with E-state index in [1.54, 1.807) is 0 Å². The van der Waals surface area contributed by atoms with Gasteiger partial charge in [-0.3, -0.25) is 4.79 Å². The fraction of sp³-hybridized carbons (Fsp3) is 0.929. The van der Waals surface area contributed by atoms with Crippen LogP contribution in [0.3, 0.4) is 0 Å². The molecule has 0 aliphatic carbocycles. The average molecular weight is 306 g/mol. The molecule has 7 nitrogen and oxygen atoms in total. The van der Waals surface area contributed by atoms with Gasteiger partial charge in [0.1, 0.15) is 31.0 Å². The number of hydrogen-bond acceptors (Lipinski definition) is 7. The molecule has 4 N–H and O–H groups in total. The number of ether oxygens (including phenoxy) is 2. The van der Waals surface area contributed by atoms with Crippen LogP contribution in [-0.2, 0) is 14.3 Å². The SMILES string of the molecule is CCCCCCCC(=O)OC[C@H]1O[C@@H](O)[C@H](O)[C@H](O)[C@@H]1O. The van der Waals surface area contributed by atoms with Crippen LogP contribution in [0.25, 0.3) is 0 Å². The second-order valence-electron chi connectivity index (χ2n) is 5.38. The van der Waals surface area contributed by atoms with Crippen molar-refractivity contribution in [3.05, 3.63) is 0 Å². The highest BCUT2D eigenvalue weighted by Gasteiger charge is 2.43. The second-order valence-corrected chi connectivity index (χ2v) is 5.38. The molecular weight excluding hydrogens is 280 g/mol. The van der Waals surface area contributed by atoms with Gasteiger partial charge in [0.2, 0.25) is 0 Å². The number of aliphatic hydroxyl groups is 4. The smallest absolute Gasteiger partial charge is 0.305 e. The highest BCUT2D eigenvalue weighted by atomic mass is 16.6. The average Bonchev–Trinajstić information content (AvgIpc) is 2.47. The van der Waals surface area contributed by atoms with E-state index in [9.17, 15) is 25.2 Å². The van der Waals surface area contributed by atoms with E-state index in [0.29, 0.717) is 6.42 Å². The van der Waals surface area contributed by atoms with Gasteiger partial charge in [-0.1, -0.05) is 32.6 Å². The maximum atomic E-state index is 11.5. The Morgan fingerprint density at radius 2 is 1.67 bits per heavy atom. The van der Waals surface area contributed by atoms with Crippen molar-refractivity contribution in [1.82, 2.24) is 0 Å². The monoisotopic (exact) mass is 306 g/mol. The third-order valence-corrected chi connectivity index (χ3v) is 3.58. The van der Waals surface area contributed by atoms with E-state index >= 15 is 0 Å². The molecule has 21 heavy (non-hydrogen) atoms. The highest BCUT2D eigenvalue weighted by molar-refractivity contribution is 5.69. The number of carbonyl (C=O) groups excluding carboxylic acids is 1. The summed E-state index contributed by atoms with van der Waals surface area (Å²) in [7, 11) is 0. The molecule has 0 spiro atoms. The van der Waals surface area contributed by atoms with Gasteiger partial charge in [-0.15, -0.1) is 0 Å². The number of rotatable bonds is 8. The zero-order valence-corrected chi connectivity index (χ0v) is 12.4. The van der Waals surface area contributed by atoms with Crippen LogP contribution in [0.4, 0.5) is 0 Å². The fourth-order valence-electron chi connectivity index (χ4n) is 2.19. The van der Waals surface area contributed by atoms with Gasteiger partial charge in [0, 0.05) is 6.42 Å². The maximum Gasteiger partial charge on any atom is 0.305 e. The summed E-state index contributed by atoms with van der Waals surface area (Å²) in [6.45, 7) is 1.85. The minimum absolute atomic E-state index is 0.268. The predicted molar refractivity (Wildman–Crippen MR) is 73.2 cm³/mol. The highest BCUT2D eigenvalue weighted by Crippen LogP contribution is 2.20. The summed E-state index contributed by atoms with van der Waals surface area (Å²) >= 11 is 0. The van der Waals surface area contributed by atoms with Crippen LogP contribution in [0.5, 0.6) is 0 Å². The van der Waals surface area contributed by atoms with E-state index in [4.69, 9.17) is 9.47 Å². The summed E-state index contributed by atoms with van der Waals surface area (Å²) in [5.74, 6) is -0.405. The minimum Gasteiger partial charge on any atom is -0.463 e. The minimum atomic E-state index is -1.61. The van der Waals surface area contributed by atoms with Gasteiger partial charge in [0.25, 0.3) is 0 Å². The molecule has 7 heteroatoms. The largest absolute Gasteiger partial charge is 0.463 e. The number of carbonyl (C=O) groups is 1. The van der Waals surface area contributed by atoms with E-state index in [1.165, 1.54) is 0 Å². The quantitative estimate of drug-likeness (QED) is 0.359. The van der Waals surface area contributed by atoms with E-state index in [0.717, 1.165) is 32.1 Å². The van der Waals surface area contributed by atoms with Gasteiger partial charge in [0.15, 0.2) is 6.29 Å². The molecule has 0 aromatic heterocycles. The Labute approximate surface area is 124 Å². The lowest BCUT2D eigenvalue weighted by Crippen LogP contribution is -2.58. The van der Waals surface area contributed by atoms with Crippen molar-refractivity contribution < 1.29 is 34.7 Å². The Bertz CT molecular complexity index is 310. The Morgan fingerprint density at radius 1 is 1.00 bits per heavy atom. The molecule has 1 heterocycles. The zero-order chi connectivity index (χ0) is 15.8. The Hall–Kier alpha value is -0.730. The van der Waals surface area contributed by atoms with Crippen LogP contribution >= 0.6 is 0 Å². The van der Waals surface area contributed by atoms with Crippen LogP contribution in [-0.4, -0.2) is 63.7 Å². The maximum absolute atomic E-state index is 11.5. The summed E-state index contributed by atoms with van der Waals surface area (Å²) in [4.78, 5) is 11.5. The van der Waals surface area contributed by atoms with Crippen molar-refractivity contribution in [3.63, 3.8) is 0 Å². The zero-order valence-electron chi connectivity index (χ0n) is 12.4. The van der Waals surface area contributed by atoms with Gasteiger partial charge in [-0.05, 0) is 6.42 Å². The van der Waals surface area contributed by atoms with Gasteiger partial charge >= 0.3 is 5.97 Å². The summed E-state index contributed by atoms with van der Waals surface area (Å²) < 4.78 is 9.87. The molecule has 124 valence electrons. The number of hydrogen-bond donors (Lipinski definition) is 4. The third-order valence-electron chi connectivity index (χ3n) is 3.58. The topological polar surface area (TPSA) is 116 Å². The number of esters is 1. The van der Waals surface area contributed by atoms with Gasteiger partial charge in [-0.25, -0.2) is 0 Å². The first kappa shape index (κ1) is 18.3. The van der Waals surface area contributed by atoms with E-state index < -0.39 is 36.7 Å². The van der Waals surface area contributed by atoms with Crippen LogP contribution in [0.1, 0.15) is 45.4 Å². The van der Waals surface area contributed by atoms with Crippen LogP contribution in [0.15, 0.2) is 0 Å². The summed E-state index contributed by atoms with van der Waals surface area (Å²) in [5.41, 5.74) is 0. The van der Waals surface area contributed by atoms with Crippen molar-refractivity contribution in [2.75, 3.05) is 6.61 Å². The molecule has 5 atom stereocenters. The molecule has 1 aliphatic rings. The Balaban J connectivity index is 2.23. The molecule has 0 saturated carbocycles. The molecule has 1 aliphatic heterocycles.